The summed E-state index contributed by atoms with van der Waals surface area (Å²) in [6.45, 7) is 10.7. The lowest BCUT2D eigenvalue weighted by Crippen LogP contribution is -2.49. The second-order valence-corrected chi connectivity index (χ2v) is 7.74. The molecule has 2 aromatic carbocycles. The van der Waals surface area contributed by atoms with Crippen molar-refractivity contribution < 1.29 is 0 Å². The van der Waals surface area contributed by atoms with Crippen LogP contribution in [0.15, 0.2) is 47.5 Å². The molecule has 0 amide bonds. The average Bonchev–Trinajstić information content (AvgIpc) is 2.68. The molecular weight excluding hydrogens is 332 g/mol. The van der Waals surface area contributed by atoms with Gasteiger partial charge in [-0.25, -0.2) is 0 Å². The smallest absolute Gasteiger partial charge is 0.191 e. The number of benzene rings is 2. The molecule has 2 N–H and O–H groups in total. The molecule has 146 valence electrons. The van der Waals surface area contributed by atoms with Gasteiger partial charge in [-0.15, -0.1) is 0 Å². The van der Waals surface area contributed by atoms with Gasteiger partial charge in [-0.3, -0.25) is 4.99 Å². The van der Waals surface area contributed by atoms with Gasteiger partial charge in [-0.2, -0.15) is 0 Å². The number of guanidine groups is 1. The molecule has 0 radical (unpaired) electrons. The fourth-order valence-electron chi connectivity index (χ4n) is 3.76. The third-order valence-electron chi connectivity index (χ3n) is 5.43. The molecule has 0 saturated carbocycles. The van der Waals surface area contributed by atoms with Crippen molar-refractivity contribution >= 4 is 16.7 Å². The predicted octanol–water partition coefficient (Wildman–Crippen LogP) is 3.81. The number of rotatable bonds is 6. The van der Waals surface area contributed by atoms with Gasteiger partial charge in [0.25, 0.3) is 0 Å². The van der Waals surface area contributed by atoms with Crippen molar-refractivity contribution in [2.75, 3.05) is 26.2 Å². The molecule has 1 heterocycles. The zero-order valence-electron chi connectivity index (χ0n) is 17.0. The first-order valence-electron chi connectivity index (χ1n) is 10.4. The summed E-state index contributed by atoms with van der Waals surface area (Å²) in [4.78, 5) is 7.38. The molecule has 0 aromatic heterocycles. The summed E-state index contributed by atoms with van der Waals surface area (Å²) in [5.74, 6) is 0.960. The first-order chi connectivity index (χ1) is 13.2. The van der Waals surface area contributed by atoms with Gasteiger partial charge in [0.2, 0.25) is 0 Å². The normalized spacial score (nSPS) is 16.8. The van der Waals surface area contributed by atoms with Crippen LogP contribution < -0.4 is 10.6 Å². The van der Waals surface area contributed by atoms with E-state index in [1.54, 1.807) is 0 Å². The Morgan fingerprint density at radius 2 is 1.85 bits per heavy atom. The van der Waals surface area contributed by atoms with Crippen molar-refractivity contribution in [2.24, 2.45) is 4.99 Å². The first kappa shape index (κ1) is 19.7. The largest absolute Gasteiger partial charge is 0.357 e. The van der Waals surface area contributed by atoms with Crippen molar-refractivity contribution in [1.82, 2.24) is 15.5 Å². The molecule has 1 aliphatic rings. The Labute approximate surface area is 164 Å². The van der Waals surface area contributed by atoms with E-state index in [0.29, 0.717) is 12.1 Å². The molecule has 1 fully saturated rings. The summed E-state index contributed by atoms with van der Waals surface area (Å²) in [5.41, 5.74) is 1.35. The lowest BCUT2D eigenvalue weighted by atomic mass is 10.0. The van der Waals surface area contributed by atoms with E-state index in [1.807, 2.05) is 0 Å². The minimum absolute atomic E-state index is 0.526. The highest BCUT2D eigenvalue weighted by Crippen LogP contribution is 2.16. The van der Waals surface area contributed by atoms with Crippen LogP contribution in [-0.4, -0.2) is 49.1 Å². The number of piperidine rings is 1. The predicted molar refractivity (Wildman–Crippen MR) is 116 cm³/mol. The van der Waals surface area contributed by atoms with Crippen LogP contribution in [-0.2, 0) is 6.42 Å². The molecule has 1 aliphatic heterocycles. The van der Waals surface area contributed by atoms with Gasteiger partial charge < -0.3 is 15.5 Å². The van der Waals surface area contributed by atoms with E-state index in [2.05, 4.69) is 78.8 Å². The number of nitrogens with one attached hydrogen (secondary N) is 2. The molecule has 27 heavy (non-hydrogen) atoms. The first-order valence-corrected chi connectivity index (χ1v) is 10.4. The topological polar surface area (TPSA) is 39.7 Å². The minimum Gasteiger partial charge on any atom is -0.357 e. The Hall–Kier alpha value is -2.07. The van der Waals surface area contributed by atoms with Crippen molar-refractivity contribution in [3.63, 3.8) is 0 Å². The van der Waals surface area contributed by atoms with E-state index in [4.69, 9.17) is 4.99 Å². The minimum atomic E-state index is 0.526. The molecule has 0 atom stereocenters. The van der Waals surface area contributed by atoms with Crippen LogP contribution in [0.4, 0.5) is 0 Å². The number of hydrogen-bond acceptors (Lipinski definition) is 2. The number of nitrogens with zero attached hydrogens (tertiary/aromatic N) is 2. The molecule has 0 spiro atoms. The zero-order chi connectivity index (χ0) is 19.1. The summed E-state index contributed by atoms with van der Waals surface area (Å²) in [5, 5.41) is 9.65. The van der Waals surface area contributed by atoms with Crippen LogP contribution in [0.2, 0.25) is 0 Å². The van der Waals surface area contributed by atoms with E-state index in [-0.39, 0.29) is 0 Å². The van der Waals surface area contributed by atoms with Gasteiger partial charge in [0.15, 0.2) is 5.96 Å². The maximum absolute atomic E-state index is 4.82. The molecule has 0 unspecified atom stereocenters. The molecule has 4 nitrogen and oxygen atoms in total. The van der Waals surface area contributed by atoms with Gasteiger partial charge in [-0.1, -0.05) is 42.5 Å². The highest BCUT2D eigenvalue weighted by Gasteiger charge is 2.21. The summed E-state index contributed by atoms with van der Waals surface area (Å²) >= 11 is 0. The van der Waals surface area contributed by atoms with Gasteiger partial charge in [0.05, 0.1) is 0 Å². The zero-order valence-corrected chi connectivity index (χ0v) is 17.0. The Bertz CT molecular complexity index is 745. The molecule has 0 aliphatic carbocycles. The number of likely N-dealkylation sites (tertiary alicyclic amines) is 1. The van der Waals surface area contributed by atoms with E-state index in [9.17, 15) is 0 Å². The highest BCUT2D eigenvalue weighted by molar-refractivity contribution is 5.83. The Morgan fingerprint density at radius 3 is 2.56 bits per heavy atom. The molecular formula is C23H34N4. The summed E-state index contributed by atoms with van der Waals surface area (Å²) in [7, 11) is 0. The molecule has 0 bridgehead atoms. The van der Waals surface area contributed by atoms with Crippen LogP contribution in [0.3, 0.4) is 0 Å². The maximum atomic E-state index is 4.82. The SMILES string of the molecule is CCNC(=NCCc1ccc2ccccc2c1)NC1CCN(C(C)C)CC1. The van der Waals surface area contributed by atoms with Crippen molar-refractivity contribution in [1.29, 1.82) is 0 Å². The Kier molecular flexibility index (Phi) is 7.11. The number of fused-ring (bicyclic) bond motifs is 1. The third-order valence-corrected chi connectivity index (χ3v) is 5.43. The van der Waals surface area contributed by atoms with Crippen molar-refractivity contribution in [2.45, 2.75) is 52.1 Å². The van der Waals surface area contributed by atoms with Gasteiger partial charge in [0, 0.05) is 38.3 Å². The molecule has 4 heteroatoms. The van der Waals surface area contributed by atoms with Crippen LogP contribution in [0, 0.1) is 0 Å². The quantitative estimate of drug-likeness (QED) is 0.603. The monoisotopic (exact) mass is 366 g/mol. The van der Waals surface area contributed by atoms with Crippen molar-refractivity contribution in [3.05, 3.63) is 48.0 Å². The Balaban J connectivity index is 1.53. The van der Waals surface area contributed by atoms with Crippen LogP contribution in [0.25, 0.3) is 10.8 Å². The molecule has 3 rings (SSSR count). The van der Waals surface area contributed by atoms with Gasteiger partial charge in [0.1, 0.15) is 0 Å². The van der Waals surface area contributed by atoms with E-state index < -0.39 is 0 Å². The summed E-state index contributed by atoms with van der Waals surface area (Å²) in [6.07, 6.45) is 3.34. The lowest BCUT2D eigenvalue weighted by Gasteiger charge is -2.35. The maximum Gasteiger partial charge on any atom is 0.191 e. The van der Waals surface area contributed by atoms with Crippen LogP contribution >= 0.6 is 0 Å². The van der Waals surface area contributed by atoms with E-state index in [1.165, 1.54) is 42.3 Å². The Morgan fingerprint density at radius 1 is 1.11 bits per heavy atom. The molecule has 1 saturated heterocycles. The number of hydrogen-bond donors (Lipinski definition) is 2. The third kappa shape index (κ3) is 5.70. The fourth-order valence-corrected chi connectivity index (χ4v) is 3.76. The average molecular weight is 367 g/mol. The summed E-state index contributed by atoms with van der Waals surface area (Å²) in [6, 6.07) is 16.4. The standard InChI is InChI=1S/C23H34N4/c1-4-24-23(26-22-12-15-27(16-13-22)18(2)3)25-14-11-19-9-10-20-7-5-6-8-21(20)17-19/h5-10,17-18,22H,4,11-16H2,1-3H3,(H2,24,25,26). The lowest BCUT2D eigenvalue weighted by molar-refractivity contribution is 0.167. The number of aliphatic imine (C=N–C) groups is 1. The van der Waals surface area contributed by atoms with Crippen LogP contribution in [0.1, 0.15) is 39.2 Å². The van der Waals surface area contributed by atoms with Crippen molar-refractivity contribution in [3.8, 4) is 0 Å². The second kappa shape index (κ2) is 9.75. The van der Waals surface area contributed by atoms with Crippen LogP contribution in [0.5, 0.6) is 0 Å². The summed E-state index contributed by atoms with van der Waals surface area (Å²) < 4.78 is 0. The fraction of sp³-hybridized carbons (Fsp3) is 0.522. The van der Waals surface area contributed by atoms with E-state index >= 15 is 0 Å². The second-order valence-electron chi connectivity index (χ2n) is 7.74. The van der Waals surface area contributed by atoms with Gasteiger partial charge >= 0.3 is 0 Å². The van der Waals surface area contributed by atoms with Gasteiger partial charge in [-0.05, 0) is 56.4 Å². The van der Waals surface area contributed by atoms with E-state index in [0.717, 1.165) is 25.5 Å². The highest BCUT2D eigenvalue weighted by atomic mass is 15.2. The molecule has 2 aromatic rings.